The van der Waals surface area contributed by atoms with Crippen LogP contribution in [0.3, 0.4) is 0 Å². The van der Waals surface area contributed by atoms with E-state index < -0.39 is 22.6 Å². The van der Waals surface area contributed by atoms with Gasteiger partial charge < -0.3 is 5.32 Å². The Balaban J connectivity index is 1.93. The molecule has 23 heavy (non-hydrogen) atoms. The predicted molar refractivity (Wildman–Crippen MR) is 81.8 cm³/mol. The molecule has 3 rings (SSSR count). The Bertz CT molecular complexity index is 873. The quantitative estimate of drug-likeness (QED) is 0.526. The summed E-state index contributed by atoms with van der Waals surface area (Å²) < 4.78 is 0. The number of thiophene rings is 1. The van der Waals surface area contributed by atoms with Crippen LogP contribution < -0.4 is 5.32 Å². The maximum atomic E-state index is 12.2. The molecule has 9 heteroatoms. The fraction of sp³-hybridized carbons (Fsp3) is 0.0714. The van der Waals surface area contributed by atoms with Crippen LogP contribution in [-0.2, 0) is 0 Å². The Hall–Kier alpha value is -3.07. The van der Waals surface area contributed by atoms with Gasteiger partial charge in [0.1, 0.15) is 0 Å². The average molecular weight is 331 g/mol. The number of nitrogens with one attached hydrogen (secondary N) is 1. The van der Waals surface area contributed by atoms with Crippen molar-refractivity contribution in [3.8, 4) is 0 Å². The van der Waals surface area contributed by atoms with E-state index in [2.05, 4.69) is 5.32 Å². The zero-order valence-corrected chi connectivity index (χ0v) is 12.5. The van der Waals surface area contributed by atoms with Gasteiger partial charge in [-0.15, -0.1) is 0 Å². The van der Waals surface area contributed by atoms with Crippen molar-refractivity contribution in [1.82, 2.24) is 4.90 Å². The van der Waals surface area contributed by atoms with Crippen LogP contribution in [0.1, 0.15) is 30.4 Å². The Morgan fingerprint density at radius 3 is 2.61 bits per heavy atom. The van der Waals surface area contributed by atoms with Gasteiger partial charge in [0.25, 0.3) is 17.7 Å². The number of amides is 3. The maximum Gasteiger partial charge on any atom is 0.324 e. The largest absolute Gasteiger partial charge is 0.324 e. The molecular formula is C14H9N3O5S. The van der Waals surface area contributed by atoms with Gasteiger partial charge in [0.2, 0.25) is 0 Å². The summed E-state index contributed by atoms with van der Waals surface area (Å²) in [7, 11) is 1.36. The van der Waals surface area contributed by atoms with Gasteiger partial charge in [-0.1, -0.05) is 17.4 Å². The summed E-state index contributed by atoms with van der Waals surface area (Å²) in [6, 6.07) is 7.13. The molecule has 0 bridgehead atoms. The third-order valence-corrected chi connectivity index (χ3v) is 4.40. The number of carbonyl (C=O) groups is 3. The molecule has 0 unspecified atom stereocenters. The van der Waals surface area contributed by atoms with Crippen LogP contribution in [0.25, 0.3) is 0 Å². The summed E-state index contributed by atoms with van der Waals surface area (Å²) in [6.45, 7) is 0. The van der Waals surface area contributed by atoms with Gasteiger partial charge in [0, 0.05) is 13.1 Å². The normalized spacial score (nSPS) is 13.2. The molecule has 1 aliphatic heterocycles. The molecule has 1 aromatic carbocycles. The maximum absolute atomic E-state index is 12.2. The number of fused-ring (bicyclic) bond motifs is 1. The number of rotatable bonds is 3. The zero-order valence-electron chi connectivity index (χ0n) is 11.7. The molecule has 0 radical (unpaired) electrons. The number of nitrogens with zero attached hydrogens (tertiary/aromatic N) is 2. The number of nitro groups is 1. The standard InChI is InChI=1S/C14H9N3O5S/c1-16-13(19)7-3-2-4-8(11(7)14(16)20)15-12(18)9-5-6-10(23-9)17(21)22/h2-6H,1H3,(H,15,18). The Morgan fingerprint density at radius 1 is 1.22 bits per heavy atom. The van der Waals surface area contributed by atoms with Crippen LogP contribution in [0.15, 0.2) is 30.3 Å². The van der Waals surface area contributed by atoms with Gasteiger partial charge in [-0.2, -0.15) is 0 Å². The molecule has 0 saturated carbocycles. The molecular weight excluding hydrogens is 322 g/mol. The molecule has 116 valence electrons. The molecule has 1 aliphatic rings. The minimum absolute atomic E-state index is 0.124. The van der Waals surface area contributed by atoms with E-state index in [-0.39, 0.29) is 26.7 Å². The third kappa shape index (κ3) is 2.36. The highest BCUT2D eigenvalue weighted by molar-refractivity contribution is 7.17. The lowest BCUT2D eigenvalue weighted by Crippen LogP contribution is -2.24. The van der Waals surface area contributed by atoms with Gasteiger partial charge in [-0.05, 0) is 18.2 Å². The van der Waals surface area contributed by atoms with E-state index in [1.54, 1.807) is 6.07 Å². The van der Waals surface area contributed by atoms with Crippen molar-refractivity contribution in [2.45, 2.75) is 0 Å². The van der Waals surface area contributed by atoms with Crippen LogP contribution in [0.4, 0.5) is 10.7 Å². The smallest absolute Gasteiger partial charge is 0.321 e. The van der Waals surface area contributed by atoms with Gasteiger partial charge in [0.15, 0.2) is 0 Å². The molecule has 2 aromatic rings. The van der Waals surface area contributed by atoms with E-state index in [4.69, 9.17) is 0 Å². The Labute approximate surface area is 133 Å². The summed E-state index contributed by atoms with van der Waals surface area (Å²) in [5.41, 5.74) is 0.540. The lowest BCUT2D eigenvalue weighted by Gasteiger charge is -2.07. The summed E-state index contributed by atoms with van der Waals surface area (Å²) in [5, 5.41) is 13.0. The highest BCUT2D eigenvalue weighted by Gasteiger charge is 2.35. The van der Waals surface area contributed by atoms with E-state index in [9.17, 15) is 24.5 Å². The summed E-state index contributed by atoms with van der Waals surface area (Å²) >= 11 is 0.730. The number of benzene rings is 1. The second-order valence-corrected chi connectivity index (χ2v) is 5.81. The van der Waals surface area contributed by atoms with E-state index in [1.807, 2.05) is 0 Å². The number of imide groups is 1. The van der Waals surface area contributed by atoms with Crippen molar-refractivity contribution < 1.29 is 19.3 Å². The molecule has 3 amide bonds. The first-order chi connectivity index (χ1) is 10.9. The highest BCUT2D eigenvalue weighted by Crippen LogP contribution is 2.30. The average Bonchev–Trinajstić information content (AvgIpc) is 3.09. The minimum atomic E-state index is -0.585. The van der Waals surface area contributed by atoms with Crippen molar-refractivity contribution in [2.24, 2.45) is 0 Å². The van der Waals surface area contributed by atoms with E-state index in [0.717, 1.165) is 16.2 Å². The number of carbonyl (C=O) groups excluding carboxylic acids is 3. The monoisotopic (exact) mass is 331 g/mol. The minimum Gasteiger partial charge on any atom is -0.321 e. The molecule has 1 aromatic heterocycles. The highest BCUT2D eigenvalue weighted by atomic mass is 32.1. The molecule has 2 heterocycles. The van der Waals surface area contributed by atoms with E-state index in [0.29, 0.717) is 0 Å². The zero-order chi connectivity index (χ0) is 16.7. The fourth-order valence-electron chi connectivity index (χ4n) is 2.24. The van der Waals surface area contributed by atoms with E-state index >= 15 is 0 Å². The first kappa shape index (κ1) is 14.9. The topological polar surface area (TPSA) is 110 Å². The molecule has 0 saturated heterocycles. The fourth-order valence-corrected chi connectivity index (χ4v) is 2.95. The van der Waals surface area contributed by atoms with Crippen molar-refractivity contribution in [1.29, 1.82) is 0 Å². The molecule has 0 spiro atoms. The number of hydrogen-bond donors (Lipinski definition) is 1. The van der Waals surface area contributed by atoms with Crippen LogP contribution in [-0.4, -0.2) is 34.6 Å². The van der Waals surface area contributed by atoms with Crippen LogP contribution in [0, 0.1) is 10.1 Å². The number of anilines is 1. The Morgan fingerprint density at radius 2 is 1.96 bits per heavy atom. The predicted octanol–water partition coefficient (Wildman–Crippen LogP) is 2.13. The summed E-state index contributed by atoms with van der Waals surface area (Å²) in [4.78, 5) is 47.4. The first-order valence-corrected chi connectivity index (χ1v) is 7.23. The molecule has 0 atom stereocenters. The van der Waals surface area contributed by atoms with Crippen molar-refractivity contribution in [2.75, 3.05) is 12.4 Å². The van der Waals surface area contributed by atoms with Crippen molar-refractivity contribution >= 4 is 39.7 Å². The van der Waals surface area contributed by atoms with Gasteiger partial charge >= 0.3 is 5.00 Å². The van der Waals surface area contributed by atoms with Crippen LogP contribution in [0.5, 0.6) is 0 Å². The van der Waals surface area contributed by atoms with Crippen LogP contribution >= 0.6 is 11.3 Å². The molecule has 8 nitrogen and oxygen atoms in total. The second-order valence-electron chi connectivity index (χ2n) is 4.75. The van der Waals surface area contributed by atoms with E-state index in [1.165, 1.54) is 31.3 Å². The lowest BCUT2D eigenvalue weighted by molar-refractivity contribution is -0.380. The van der Waals surface area contributed by atoms with Gasteiger partial charge in [-0.3, -0.25) is 29.4 Å². The van der Waals surface area contributed by atoms with Crippen molar-refractivity contribution in [3.63, 3.8) is 0 Å². The lowest BCUT2D eigenvalue weighted by atomic mass is 10.1. The number of hydrogen-bond acceptors (Lipinski definition) is 6. The van der Waals surface area contributed by atoms with Gasteiger partial charge in [0.05, 0.1) is 26.6 Å². The summed E-state index contributed by atoms with van der Waals surface area (Å²) in [6.07, 6.45) is 0. The first-order valence-electron chi connectivity index (χ1n) is 6.41. The third-order valence-electron chi connectivity index (χ3n) is 3.36. The second kappa shape index (κ2) is 5.29. The summed E-state index contributed by atoms with van der Waals surface area (Å²) in [5.74, 6) is -1.52. The van der Waals surface area contributed by atoms with Crippen LogP contribution in [0.2, 0.25) is 0 Å². The van der Waals surface area contributed by atoms with Gasteiger partial charge in [-0.25, -0.2) is 0 Å². The SMILES string of the molecule is CN1C(=O)c2cccc(NC(=O)c3ccc([N+](=O)[O-])s3)c2C1=O. The molecule has 0 aliphatic carbocycles. The molecule has 0 fully saturated rings. The Kier molecular flexibility index (Phi) is 3.41. The van der Waals surface area contributed by atoms with Crippen molar-refractivity contribution in [3.05, 3.63) is 56.5 Å². The molecule has 1 N–H and O–H groups in total.